The van der Waals surface area contributed by atoms with Crippen molar-refractivity contribution in [2.45, 2.75) is 19.8 Å². The molecule has 0 spiro atoms. The summed E-state index contributed by atoms with van der Waals surface area (Å²) in [6.07, 6.45) is 4.83. The first-order valence-electron chi connectivity index (χ1n) is 10.1. The van der Waals surface area contributed by atoms with Crippen LogP contribution in [0.5, 0.6) is 0 Å². The van der Waals surface area contributed by atoms with Crippen LogP contribution in [0.1, 0.15) is 30.1 Å². The zero-order valence-corrected chi connectivity index (χ0v) is 16.8. The van der Waals surface area contributed by atoms with Gasteiger partial charge in [0.15, 0.2) is 0 Å². The van der Waals surface area contributed by atoms with Crippen molar-refractivity contribution in [2.24, 2.45) is 0 Å². The summed E-state index contributed by atoms with van der Waals surface area (Å²) in [4.78, 5) is 37.0. The van der Waals surface area contributed by atoms with Gasteiger partial charge in [-0.3, -0.25) is 14.5 Å². The molecule has 8 heteroatoms. The minimum atomic E-state index is -0.122. The third-order valence-corrected chi connectivity index (χ3v) is 4.87. The Morgan fingerprint density at radius 1 is 1.07 bits per heavy atom. The van der Waals surface area contributed by atoms with Gasteiger partial charge in [-0.05, 0) is 37.2 Å². The van der Waals surface area contributed by atoms with Crippen LogP contribution in [0.3, 0.4) is 0 Å². The number of amides is 2. The molecule has 2 N–H and O–H groups in total. The molecule has 2 aromatic rings. The van der Waals surface area contributed by atoms with Crippen LogP contribution in [-0.2, 0) is 4.79 Å². The predicted molar refractivity (Wildman–Crippen MR) is 113 cm³/mol. The first-order valence-corrected chi connectivity index (χ1v) is 10.1. The van der Waals surface area contributed by atoms with Crippen LogP contribution < -0.4 is 15.5 Å². The van der Waals surface area contributed by atoms with Gasteiger partial charge in [-0.15, -0.1) is 0 Å². The van der Waals surface area contributed by atoms with Crippen LogP contribution in [-0.4, -0.2) is 66.0 Å². The van der Waals surface area contributed by atoms with Crippen LogP contribution in [0.2, 0.25) is 0 Å². The number of carbonyl (C=O) groups excluding carboxylic acids is 2. The van der Waals surface area contributed by atoms with Crippen LogP contribution in [0.25, 0.3) is 0 Å². The lowest BCUT2D eigenvalue weighted by atomic mass is 10.2. The standard InChI is InChI=1S/C21H28N6O2/c1-2-19(28)25-18-7-3-6-17(16-18)20(29)22-10-5-11-26-12-14-27(15-13-26)21-23-8-4-9-24-21/h3-4,6-9,16H,2,5,10-15H2,1H3,(H,22,29)(H,25,28). The molecule has 1 aromatic carbocycles. The maximum atomic E-state index is 12.3. The summed E-state index contributed by atoms with van der Waals surface area (Å²) in [5.74, 6) is 0.599. The lowest BCUT2D eigenvalue weighted by Crippen LogP contribution is -2.47. The molecule has 1 aliphatic rings. The molecule has 1 aliphatic heterocycles. The van der Waals surface area contributed by atoms with Crippen molar-refractivity contribution in [3.05, 3.63) is 48.3 Å². The van der Waals surface area contributed by atoms with Crippen molar-refractivity contribution in [3.8, 4) is 0 Å². The lowest BCUT2D eigenvalue weighted by Gasteiger charge is -2.34. The summed E-state index contributed by atoms with van der Waals surface area (Å²) in [6, 6.07) is 8.84. The average Bonchev–Trinajstić information content (AvgIpc) is 2.77. The lowest BCUT2D eigenvalue weighted by molar-refractivity contribution is -0.115. The molecular formula is C21H28N6O2. The predicted octanol–water partition coefficient (Wildman–Crippen LogP) is 1.77. The second-order valence-corrected chi connectivity index (χ2v) is 6.97. The van der Waals surface area contributed by atoms with E-state index < -0.39 is 0 Å². The third kappa shape index (κ3) is 6.25. The first-order chi connectivity index (χ1) is 14.2. The van der Waals surface area contributed by atoms with Gasteiger partial charge in [0.2, 0.25) is 11.9 Å². The summed E-state index contributed by atoms with van der Waals surface area (Å²) in [7, 11) is 0. The van der Waals surface area contributed by atoms with E-state index >= 15 is 0 Å². The molecule has 0 bridgehead atoms. The highest BCUT2D eigenvalue weighted by Crippen LogP contribution is 2.12. The van der Waals surface area contributed by atoms with Gasteiger partial charge in [-0.2, -0.15) is 0 Å². The van der Waals surface area contributed by atoms with E-state index in [1.165, 1.54) is 0 Å². The van der Waals surface area contributed by atoms with Crippen LogP contribution in [0, 0.1) is 0 Å². The Morgan fingerprint density at radius 2 is 1.83 bits per heavy atom. The van der Waals surface area contributed by atoms with Gasteiger partial charge in [-0.1, -0.05) is 13.0 Å². The van der Waals surface area contributed by atoms with Crippen molar-refractivity contribution in [1.29, 1.82) is 0 Å². The molecule has 2 amide bonds. The number of benzene rings is 1. The summed E-state index contributed by atoms with van der Waals surface area (Å²) in [5, 5.41) is 5.73. The summed E-state index contributed by atoms with van der Waals surface area (Å²) >= 11 is 0. The zero-order valence-electron chi connectivity index (χ0n) is 16.8. The molecule has 154 valence electrons. The van der Waals surface area contributed by atoms with E-state index in [0.717, 1.165) is 45.1 Å². The second kappa shape index (κ2) is 10.5. The summed E-state index contributed by atoms with van der Waals surface area (Å²) in [5.41, 5.74) is 1.19. The Morgan fingerprint density at radius 3 is 2.55 bits per heavy atom. The monoisotopic (exact) mass is 396 g/mol. The van der Waals surface area contributed by atoms with Gasteiger partial charge in [0, 0.05) is 62.8 Å². The highest BCUT2D eigenvalue weighted by Gasteiger charge is 2.18. The molecule has 0 radical (unpaired) electrons. The Labute approximate surface area is 171 Å². The SMILES string of the molecule is CCC(=O)Nc1cccc(C(=O)NCCCN2CCN(c3ncccn3)CC2)c1. The highest BCUT2D eigenvalue weighted by atomic mass is 16.2. The van der Waals surface area contributed by atoms with Crippen molar-refractivity contribution in [3.63, 3.8) is 0 Å². The zero-order chi connectivity index (χ0) is 20.5. The normalized spacial score (nSPS) is 14.4. The number of aromatic nitrogens is 2. The fourth-order valence-electron chi connectivity index (χ4n) is 3.22. The number of hydrogen-bond donors (Lipinski definition) is 2. The number of hydrogen-bond acceptors (Lipinski definition) is 6. The van der Waals surface area contributed by atoms with E-state index in [2.05, 4.69) is 30.4 Å². The first kappa shape index (κ1) is 20.7. The van der Waals surface area contributed by atoms with Crippen LogP contribution in [0.15, 0.2) is 42.7 Å². The van der Waals surface area contributed by atoms with Crippen molar-refractivity contribution in [1.82, 2.24) is 20.2 Å². The summed E-state index contributed by atoms with van der Waals surface area (Å²) in [6.45, 7) is 7.10. The molecule has 0 aliphatic carbocycles. The topological polar surface area (TPSA) is 90.5 Å². The molecule has 3 rings (SSSR count). The Hall–Kier alpha value is -3.00. The van der Waals surface area contributed by atoms with Gasteiger partial charge in [0.05, 0.1) is 0 Å². The fourth-order valence-corrected chi connectivity index (χ4v) is 3.22. The smallest absolute Gasteiger partial charge is 0.251 e. The maximum absolute atomic E-state index is 12.3. The van der Waals surface area contributed by atoms with Crippen molar-refractivity contribution < 1.29 is 9.59 Å². The quantitative estimate of drug-likeness (QED) is 0.661. The molecule has 0 atom stereocenters. The van der Waals surface area contributed by atoms with Crippen molar-refractivity contribution in [2.75, 3.05) is 49.5 Å². The van der Waals surface area contributed by atoms with E-state index in [0.29, 0.717) is 24.2 Å². The van der Waals surface area contributed by atoms with Gasteiger partial charge < -0.3 is 15.5 Å². The number of carbonyl (C=O) groups is 2. The largest absolute Gasteiger partial charge is 0.352 e. The number of nitrogens with zero attached hydrogens (tertiary/aromatic N) is 4. The van der Waals surface area contributed by atoms with Crippen LogP contribution >= 0.6 is 0 Å². The van der Waals surface area contributed by atoms with Crippen molar-refractivity contribution >= 4 is 23.5 Å². The minimum absolute atomic E-state index is 0.0681. The van der Waals surface area contributed by atoms with Gasteiger partial charge in [0.25, 0.3) is 5.91 Å². The minimum Gasteiger partial charge on any atom is -0.352 e. The maximum Gasteiger partial charge on any atom is 0.251 e. The molecule has 0 unspecified atom stereocenters. The molecule has 2 heterocycles. The Kier molecular flexibility index (Phi) is 7.52. The molecule has 8 nitrogen and oxygen atoms in total. The fraction of sp³-hybridized carbons (Fsp3) is 0.429. The van der Waals surface area contributed by atoms with E-state index in [9.17, 15) is 9.59 Å². The Bertz CT molecular complexity index is 806. The molecule has 1 aromatic heterocycles. The van der Waals surface area contributed by atoms with E-state index in [-0.39, 0.29) is 11.8 Å². The number of anilines is 2. The number of rotatable bonds is 8. The van der Waals surface area contributed by atoms with E-state index in [1.54, 1.807) is 43.6 Å². The molecule has 1 fully saturated rings. The molecule has 0 saturated carbocycles. The number of nitrogens with one attached hydrogen (secondary N) is 2. The average molecular weight is 396 g/mol. The third-order valence-electron chi connectivity index (χ3n) is 4.87. The second-order valence-electron chi connectivity index (χ2n) is 6.97. The molecular weight excluding hydrogens is 368 g/mol. The van der Waals surface area contributed by atoms with Gasteiger partial charge in [-0.25, -0.2) is 9.97 Å². The van der Waals surface area contributed by atoms with Crippen LogP contribution in [0.4, 0.5) is 11.6 Å². The number of piperazine rings is 1. The Balaban J connectivity index is 1.36. The molecule has 1 saturated heterocycles. The highest BCUT2D eigenvalue weighted by molar-refractivity contribution is 5.97. The summed E-state index contributed by atoms with van der Waals surface area (Å²) < 4.78 is 0. The van der Waals surface area contributed by atoms with E-state index in [1.807, 2.05) is 6.07 Å². The molecule has 29 heavy (non-hydrogen) atoms. The van der Waals surface area contributed by atoms with E-state index in [4.69, 9.17) is 0 Å². The van der Waals surface area contributed by atoms with Gasteiger partial charge >= 0.3 is 0 Å². The van der Waals surface area contributed by atoms with Gasteiger partial charge in [0.1, 0.15) is 0 Å².